The minimum atomic E-state index is -1.23. The van der Waals surface area contributed by atoms with Gasteiger partial charge in [-0.1, -0.05) is 40.9 Å². The summed E-state index contributed by atoms with van der Waals surface area (Å²) in [4.78, 5) is 60.5. The second-order valence-electron chi connectivity index (χ2n) is 13.1. The Balaban J connectivity index is 1.63. The highest BCUT2D eigenvalue weighted by Gasteiger charge is 2.77. The number of rotatable bonds is 20. The quantitative estimate of drug-likeness (QED) is 0.0873. The van der Waals surface area contributed by atoms with Gasteiger partial charge < -0.3 is 34.6 Å². The first kappa shape index (κ1) is 38.6. The molecule has 3 aliphatic heterocycles. The van der Waals surface area contributed by atoms with Crippen molar-refractivity contribution in [3.8, 4) is 0 Å². The van der Waals surface area contributed by atoms with Crippen LogP contribution in [0.5, 0.6) is 0 Å². The minimum Gasteiger partial charge on any atom is -0.460 e. The van der Waals surface area contributed by atoms with Crippen molar-refractivity contribution in [2.24, 2.45) is 11.8 Å². The van der Waals surface area contributed by atoms with Crippen molar-refractivity contribution >= 4 is 51.0 Å². The predicted molar refractivity (Wildman–Crippen MR) is 194 cm³/mol. The van der Waals surface area contributed by atoms with Gasteiger partial charge in [-0.25, -0.2) is 0 Å². The molecule has 7 atom stereocenters. The molecule has 1 aromatic carbocycles. The van der Waals surface area contributed by atoms with Crippen molar-refractivity contribution in [3.63, 3.8) is 0 Å². The third-order valence-electron chi connectivity index (χ3n) is 9.95. The van der Waals surface area contributed by atoms with Gasteiger partial charge >= 0.3 is 5.97 Å². The van der Waals surface area contributed by atoms with E-state index in [9.17, 15) is 24.3 Å². The van der Waals surface area contributed by atoms with Gasteiger partial charge in [-0.15, -0.1) is 13.2 Å². The molecular weight excluding hydrogens is 692 g/mol. The molecule has 12 heteroatoms. The van der Waals surface area contributed by atoms with E-state index in [0.717, 1.165) is 31.6 Å². The van der Waals surface area contributed by atoms with E-state index in [1.807, 2.05) is 24.3 Å². The molecule has 11 nitrogen and oxygen atoms in total. The first-order chi connectivity index (χ1) is 23.6. The molecule has 3 heterocycles. The number of benzene rings is 1. The molecule has 2 N–H and O–H groups in total. The Labute approximate surface area is 299 Å². The Bertz CT molecular complexity index is 1340. The fourth-order valence-corrected chi connectivity index (χ4v) is 8.54. The molecule has 49 heavy (non-hydrogen) atoms. The predicted octanol–water partition coefficient (Wildman–Crippen LogP) is 4.37. The van der Waals surface area contributed by atoms with Crippen LogP contribution in [0.2, 0.25) is 0 Å². The van der Waals surface area contributed by atoms with E-state index < -0.39 is 41.7 Å². The number of hydrogen-bond acceptors (Lipinski definition) is 8. The zero-order valence-corrected chi connectivity index (χ0v) is 30.7. The van der Waals surface area contributed by atoms with Crippen LogP contribution in [0.15, 0.2) is 49.6 Å². The number of ether oxygens (including phenoxy) is 2. The van der Waals surface area contributed by atoms with Crippen LogP contribution in [0.1, 0.15) is 65.7 Å². The van der Waals surface area contributed by atoms with Crippen molar-refractivity contribution in [2.45, 2.75) is 94.4 Å². The normalized spacial score (nSPS) is 25.9. The summed E-state index contributed by atoms with van der Waals surface area (Å²) in [5.41, 5.74) is 0.495. The van der Waals surface area contributed by atoms with Crippen LogP contribution in [0.25, 0.3) is 0 Å². The van der Waals surface area contributed by atoms with Crippen LogP contribution >= 0.6 is 15.9 Å². The third-order valence-corrected chi connectivity index (χ3v) is 10.8. The van der Waals surface area contributed by atoms with Crippen LogP contribution in [0, 0.1) is 11.8 Å². The number of carbonyl (C=O) groups is 4. The Morgan fingerprint density at radius 1 is 1.12 bits per heavy atom. The number of anilines is 2. The van der Waals surface area contributed by atoms with E-state index >= 15 is 0 Å². The Morgan fingerprint density at radius 3 is 2.43 bits per heavy atom. The first-order valence-electron chi connectivity index (χ1n) is 17.7. The molecule has 270 valence electrons. The SMILES string of the molecule is C=CCCC(=O)NC[C@@H](C)OC(=O)[C@H]1[C@@H]2O[C@@]3(CC2Br)[C@@H]1C(=O)N(CCCCCCO)[C@@H]3C(=O)N(CC=C)c1ccc(N(CC)CC)cc1. The second-order valence-corrected chi connectivity index (χ2v) is 14.3. The lowest BCUT2D eigenvalue weighted by Crippen LogP contribution is -2.57. The summed E-state index contributed by atoms with van der Waals surface area (Å²) in [6.07, 6.45) is 6.14. The molecule has 3 aliphatic rings. The highest BCUT2D eigenvalue weighted by molar-refractivity contribution is 9.09. The summed E-state index contributed by atoms with van der Waals surface area (Å²) in [6.45, 7) is 15.9. The zero-order valence-electron chi connectivity index (χ0n) is 29.2. The van der Waals surface area contributed by atoms with Gasteiger partial charge in [0.1, 0.15) is 17.7 Å². The van der Waals surface area contributed by atoms with Crippen LogP contribution in [0.4, 0.5) is 11.4 Å². The molecule has 1 aromatic rings. The van der Waals surface area contributed by atoms with Gasteiger partial charge in [-0.05, 0) is 70.7 Å². The molecule has 2 bridgehead atoms. The molecule has 0 saturated carbocycles. The average molecular weight is 746 g/mol. The number of hydrogen-bond donors (Lipinski definition) is 2. The Kier molecular flexibility index (Phi) is 13.9. The van der Waals surface area contributed by atoms with Gasteiger partial charge in [-0.3, -0.25) is 19.2 Å². The lowest BCUT2D eigenvalue weighted by molar-refractivity contribution is -0.159. The van der Waals surface area contributed by atoms with E-state index in [1.54, 1.807) is 28.9 Å². The van der Waals surface area contributed by atoms with E-state index in [2.05, 4.69) is 53.2 Å². The molecule has 4 rings (SSSR count). The fraction of sp³-hybridized carbons (Fsp3) is 0.622. The maximum atomic E-state index is 14.9. The van der Waals surface area contributed by atoms with Crippen molar-refractivity contribution < 1.29 is 33.8 Å². The maximum Gasteiger partial charge on any atom is 0.312 e. The summed E-state index contributed by atoms with van der Waals surface area (Å²) in [6, 6.07) is 6.85. The van der Waals surface area contributed by atoms with E-state index in [-0.39, 0.29) is 42.2 Å². The number of likely N-dealkylation sites (tertiary alicyclic amines) is 1. The van der Waals surface area contributed by atoms with Crippen molar-refractivity contribution in [3.05, 3.63) is 49.6 Å². The molecule has 3 saturated heterocycles. The number of fused-ring (bicyclic) bond motifs is 1. The lowest BCUT2D eigenvalue weighted by Gasteiger charge is -2.37. The number of nitrogens with zero attached hydrogens (tertiary/aromatic N) is 3. The number of esters is 1. The van der Waals surface area contributed by atoms with Crippen molar-refractivity contribution in [2.75, 3.05) is 49.1 Å². The van der Waals surface area contributed by atoms with Gasteiger partial charge in [0.15, 0.2) is 0 Å². The maximum absolute atomic E-state index is 14.9. The second kappa shape index (κ2) is 17.6. The molecular formula is C37H53BrN4O7. The molecule has 0 aliphatic carbocycles. The van der Waals surface area contributed by atoms with Gasteiger partial charge in [0.2, 0.25) is 11.8 Å². The summed E-state index contributed by atoms with van der Waals surface area (Å²) in [7, 11) is 0. The third kappa shape index (κ3) is 8.23. The summed E-state index contributed by atoms with van der Waals surface area (Å²) in [5, 5.41) is 12.0. The van der Waals surface area contributed by atoms with Crippen LogP contribution in [-0.4, -0.2) is 102 Å². The van der Waals surface area contributed by atoms with Gasteiger partial charge in [0, 0.05) is 55.4 Å². The topological polar surface area (TPSA) is 129 Å². The number of aliphatic hydroxyl groups is 1. The van der Waals surface area contributed by atoms with Gasteiger partial charge in [0.05, 0.1) is 24.5 Å². The zero-order chi connectivity index (χ0) is 35.7. The lowest BCUT2D eigenvalue weighted by atomic mass is 9.70. The molecule has 0 aromatic heterocycles. The molecule has 1 spiro atoms. The van der Waals surface area contributed by atoms with Crippen LogP contribution < -0.4 is 15.1 Å². The first-order valence-corrected chi connectivity index (χ1v) is 18.6. The van der Waals surface area contributed by atoms with Crippen LogP contribution in [-0.2, 0) is 28.7 Å². The Hall–Kier alpha value is -3.22. The number of carbonyl (C=O) groups excluding carboxylic acids is 4. The van der Waals surface area contributed by atoms with E-state index in [4.69, 9.17) is 9.47 Å². The standard InChI is InChI=1S/C37H53BrN4O7/c1-6-10-15-29(44)39-24-25(5)48-36(47)30-31-34(45)42(21-13-11-12-14-22-43)33(37(31)23-28(38)32(30)49-37)35(46)41(20-7-2)27-18-16-26(17-19-27)40(8-3)9-4/h6-7,16-19,25,28,30-33,43H,1-2,8-15,20-24H2,3-5H3,(H,39,44)/t25-,28?,30-,31+,32-,33-,37+/m1/s1. The number of aliphatic hydroxyl groups excluding tert-OH is 1. The average Bonchev–Trinajstić information content (AvgIpc) is 3.68. The summed E-state index contributed by atoms with van der Waals surface area (Å²) in [5.74, 6) is -3.13. The molecule has 1 unspecified atom stereocenters. The summed E-state index contributed by atoms with van der Waals surface area (Å²) >= 11 is 3.72. The Morgan fingerprint density at radius 2 is 1.80 bits per heavy atom. The minimum absolute atomic E-state index is 0.0983. The number of nitrogens with one attached hydrogen (secondary N) is 1. The molecule has 0 radical (unpaired) electrons. The van der Waals surface area contributed by atoms with Crippen molar-refractivity contribution in [1.82, 2.24) is 10.2 Å². The largest absolute Gasteiger partial charge is 0.460 e. The highest BCUT2D eigenvalue weighted by atomic mass is 79.9. The number of amides is 3. The number of allylic oxidation sites excluding steroid dienone is 1. The number of halogens is 1. The number of alkyl halides is 1. The fourth-order valence-electron chi connectivity index (χ4n) is 7.60. The van der Waals surface area contributed by atoms with E-state index in [1.165, 1.54) is 0 Å². The smallest absolute Gasteiger partial charge is 0.312 e. The van der Waals surface area contributed by atoms with Crippen molar-refractivity contribution in [1.29, 1.82) is 0 Å². The van der Waals surface area contributed by atoms with Gasteiger partial charge in [-0.2, -0.15) is 0 Å². The molecule has 3 fully saturated rings. The van der Waals surface area contributed by atoms with E-state index in [0.29, 0.717) is 44.3 Å². The van der Waals surface area contributed by atoms with Crippen LogP contribution in [0.3, 0.4) is 0 Å². The summed E-state index contributed by atoms with van der Waals surface area (Å²) < 4.78 is 12.5. The number of unbranched alkanes of at least 4 members (excludes halogenated alkanes) is 3. The monoisotopic (exact) mass is 744 g/mol. The highest BCUT2D eigenvalue weighted by Crippen LogP contribution is 2.60. The molecule has 3 amide bonds. The van der Waals surface area contributed by atoms with Gasteiger partial charge in [0.25, 0.3) is 5.91 Å².